The van der Waals surface area contributed by atoms with Crippen molar-refractivity contribution in [1.82, 2.24) is 9.55 Å². The molecule has 40 heavy (non-hydrogen) atoms. The van der Waals surface area contributed by atoms with E-state index in [-0.39, 0.29) is 17.7 Å². The molecule has 2 fully saturated rings. The summed E-state index contributed by atoms with van der Waals surface area (Å²) in [5.41, 5.74) is 3.53. The van der Waals surface area contributed by atoms with Crippen LogP contribution in [0.15, 0.2) is 63.9 Å². The molecule has 0 bridgehead atoms. The average molecular weight is 545 g/mol. The maximum absolute atomic E-state index is 12.8. The fraction of sp³-hybridized carbons (Fsp3) is 0.367. The predicted molar refractivity (Wildman–Crippen MR) is 152 cm³/mol. The summed E-state index contributed by atoms with van der Waals surface area (Å²) in [6.45, 7) is 3.20. The quantitative estimate of drug-likeness (QED) is 0.349. The van der Waals surface area contributed by atoms with E-state index in [9.17, 15) is 14.7 Å². The van der Waals surface area contributed by atoms with E-state index in [0.717, 1.165) is 50.1 Å². The van der Waals surface area contributed by atoms with Crippen molar-refractivity contribution in [2.75, 3.05) is 50.3 Å². The Kier molecular flexibility index (Phi) is 7.03. The van der Waals surface area contributed by atoms with Crippen LogP contribution in [0.1, 0.15) is 29.6 Å². The highest BCUT2D eigenvalue weighted by Crippen LogP contribution is 2.32. The highest BCUT2D eigenvalue weighted by atomic mass is 16.5. The van der Waals surface area contributed by atoms with Crippen LogP contribution in [0, 0.1) is 0 Å². The van der Waals surface area contributed by atoms with Crippen molar-refractivity contribution in [3.8, 4) is 16.9 Å². The predicted octanol–water partition coefficient (Wildman–Crippen LogP) is 4.18. The fourth-order valence-corrected chi connectivity index (χ4v) is 5.76. The Balaban J connectivity index is 1.38. The minimum absolute atomic E-state index is 0.213. The van der Waals surface area contributed by atoms with E-state index in [1.54, 1.807) is 18.8 Å². The summed E-state index contributed by atoms with van der Waals surface area (Å²) in [7, 11) is 3.43. The molecule has 2 unspecified atom stereocenters. The second kappa shape index (κ2) is 10.8. The molecule has 2 aromatic carbocycles. The summed E-state index contributed by atoms with van der Waals surface area (Å²) in [6.07, 6.45) is 4.63. The van der Waals surface area contributed by atoms with Gasteiger partial charge in [-0.3, -0.25) is 4.79 Å². The van der Waals surface area contributed by atoms with Gasteiger partial charge in [0.25, 0.3) is 6.01 Å². The number of oxazole rings is 1. The molecule has 0 saturated carbocycles. The van der Waals surface area contributed by atoms with Gasteiger partial charge < -0.3 is 33.4 Å². The second-order valence-corrected chi connectivity index (χ2v) is 10.3. The third-order valence-electron chi connectivity index (χ3n) is 7.91. The molecule has 2 saturated heterocycles. The van der Waals surface area contributed by atoms with Gasteiger partial charge in [-0.2, -0.15) is 4.98 Å². The van der Waals surface area contributed by atoms with E-state index in [4.69, 9.17) is 18.9 Å². The van der Waals surface area contributed by atoms with Gasteiger partial charge in [-0.1, -0.05) is 12.1 Å². The number of benzene rings is 2. The lowest BCUT2D eigenvalue weighted by Crippen LogP contribution is -2.32. The summed E-state index contributed by atoms with van der Waals surface area (Å²) in [5.74, 6) is -1.27. The number of rotatable bonds is 8. The van der Waals surface area contributed by atoms with Crippen molar-refractivity contribution in [1.29, 1.82) is 0 Å². The number of fused-ring (bicyclic) bond motifs is 1. The van der Waals surface area contributed by atoms with Crippen molar-refractivity contribution >= 4 is 28.8 Å². The van der Waals surface area contributed by atoms with Crippen LogP contribution >= 0.6 is 0 Å². The summed E-state index contributed by atoms with van der Waals surface area (Å²) in [4.78, 5) is 33.7. The summed E-state index contributed by atoms with van der Waals surface area (Å²) >= 11 is 0. The molecule has 2 aliphatic heterocycles. The van der Waals surface area contributed by atoms with E-state index in [2.05, 4.69) is 9.80 Å². The molecule has 0 spiro atoms. The number of nitrogens with zero attached hydrogens (tertiary/aromatic N) is 4. The normalized spacial score (nSPS) is 19.1. The Bertz CT molecular complexity index is 1590. The molecular weight excluding hydrogens is 512 g/mol. The molecule has 1 N–H and O–H groups in total. The van der Waals surface area contributed by atoms with Gasteiger partial charge in [-0.05, 0) is 49.1 Å². The molecule has 10 heteroatoms. The van der Waals surface area contributed by atoms with Crippen LogP contribution in [0.5, 0.6) is 0 Å². The molecule has 208 valence electrons. The Labute approximate surface area is 231 Å². The number of carbonyl (C=O) groups is 1. The molecule has 2 aliphatic rings. The van der Waals surface area contributed by atoms with Gasteiger partial charge >= 0.3 is 5.97 Å². The number of hydrogen-bond donors (Lipinski definition) is 1. The van der Waals surface area contributed by atoms with Crippen molar-refractivity contribution in [3.63, 3.8) is 0 Å². The fourth-order valence-electron chi connectivity index (χ4n) is 5.76. The van der Waals surface area contributed by atoms with Crippen molar-refractivity contribution < 1.29 is 23.8 Å². The molecular formula is C30H32N4O6. The SMILES string of the molecule is COCC1CCCN1c1nc2ccc(-n3cc(C(=O)O)c(=O)cc3-c3ccc(N4CCC(OC)C4)cc3)cc2o1. The zero-order chi connectivity index (χ0) is 27.8. The van der Waals surface area contributed by atoms with Crippen LogP contribution in [0.25, 0.3) is 28.0 Å². The third-order valence-corrected chi connectivity index (χ3v) is 7.91. The van der Waals surface area contributed by atoms with E-state index in [1.807, 2.05) is 42.5 Å². The molecule has 10 nitrogen and oxygen atoms in total. The van der Waals surface area contributed by atoms with Gasteiger partial charge in [0.1, 0.15) is 11.1 Å². The molecule has 0 amide bonds. The molecule has 2 aromatic heterocycles. The number of anilines is 2. The van der Waals surface area contributed by atoms with Crippen LogP contribution in [0.2, 0.25) is 0 Å². The summed E-state index contributed by atoms with van der Waals surface area (Å²) < 4.78 is 18.8. The second-order valence-electron chi connectivity index (χ2n) is 10.3. The number of carboxylic acids is 1. The van der Waals surface area contributed by atoms with Crippen LogP contribution < -0.4 is 15.2 Å². The minimum atomic E-state index is -1.27. The van der Waals surface area contributed by atoms with Crippen LogP contribution in [-0.4, -0.2) is 73.2 Å². The first kappa shape index (κ1) is 26.1. The highest BCUT2D eigenvalue weighted by Gasteiger charge is 2.28. The Hall–Kier alpha value is -4.15. The zero-order valence-corrected chi connectivity index (χ0v) is 22.6. The smallest absolute Gasteiger partial charge is 0.341 e. The number of carboxylic acid groups (broad SMARTS) is 1. The van der Waals surface area contributed by atoms with Crippen molar-refractivity contribution in [2.24, 2.45) is 0 Å². The molecule has 6 rings (SSSR count). The standard InChI is InChI=1S/C30H32N4O6/c1-38-18-22-4-3-12-33(22)30-31-25-10-9-21(14-28(25)40-30)34-17-24(29(36)37)27(35)15-26(34)19-5-7-20(8-6-19)32-13-11-23(16-32)39-2/h5-10,14-15,17,22-23H,3-4,11-13,16,18H2,1-2H3,(H,36,37). The van der Waals surface area contributed by atoms with Gasteiger partial charge in [0, 0.05) is 63.6 Å². The zero-order valence-electron chi connectivity index (χ0n) is 22.6. The highest BCUT2D eigenvalue weighted by molar-refractivity contribution is 5.88. The molecule has 0 radical (unpaired) electrons. The Morgan fingerprint density at radius 2 is 1.88 bits per heavy atom. The summed E-state index contributed by atoms with van der Waals surface area (Å²) in [5, 5.41) is 9.69. The van der Waals surface area contributed by atoms with Gasteiger partial charge in [-0.25, -0.2) is 4.79 Å². The van der Waals surface area contributed by atoms with Crippen LogP contribution in [0.4, 0.5) is 11.7 Å². The van der Waals surface area contributed by atoms with Gasteiger partial charge in [0.2, 0.25) is 0 Å². The van der Waals surface area contributed by atoms with Gasteiger partial charge in [-0.15, -0.1) is 0 Å². The Morgan fingerprint density at radius 3 is 2.60 bits per heavy atom. The Morgan fingerprint density at radius 1 is 1.07 bits per heavy atom. The number of methoxy groups -OCH3 is 2. The number of hydrogen-bond acceptors (Lipinski definition) is 8. The van der Waals surface area contributed by atoms with Gasteiger partial charge in [0.15, 0.2) is 11.0 Å². The number of ether oxygens (including phenoxy) is 2. The maximum atomic E-state index is 12.8. The number of aromatic nitrogens is 2. The lowest BCUT2D eigenvalue weighted by Gasteiger charge is -2.21. The monoisotopic (exact) mass is 544 g/mol. The lowest BCUT2D eigenvalue weighted by molar-refractivity contribution is 0.0695. The topological polar surface area (TPSA) is 110 Å². The van der Waals surface area contributed by atoms with E-state index < -0.39 is 11.4 Å². The largest absolute Gasteiger partial charge is 0.477 e. The van der Waals surface area contributed by atoms with Crippen LogP contribution in [-0.2, 0) is 9.47 Å². The molecule has 4 aromatic rings. The lowest BCUT2D eigenvalue weighted by atomic mass is 10.1. The van der Waals surface area contributed by atoms with E-state index >= 15 is 0 Å². The molecule has 2 atom stereocenters. The van der Waals surface area contributed by atoms with Crippen molar-refractivity contribution in [2.45, 2.75) is 31.4 Å². The first-order chi connectivity index (χ1) is 19.4. The number of pyridine rings is 1. The van der Waals surface area contributed by atoms with Gasteiger partial charge in [0.05, 0.1) is 24.4 Å². The van der Waals surface area contributed by atoms with Crippen molar-refractivity contribution in [3.05, 3.63) is 70.5 Å². The minimum Gasteiger partial charge on any atom is -0.477 e. The average Bonchev–Trinajstić information content (AvgIpc) is 3.72. The van der Waals surface area contributed by atoms with Crippen LogP contribution in [0.3, 0.4) is 0 Å². The first-order valence-corrected chi connectivity index (χ1v) is 13.5. The molecule has 4 heterocycles. The third kappa shape index (κ3) is 4.84. The number of aromatic carboxylic acids is 1. The van der Waals surface area contributed by atoms with E-state index in [1.165, 1.54) is 12.3 Å². The summed E-state index contributed by atoms with van der Waals surface area (Å²) in [6, 6.07) is 15.6. The first-order valence-electron chi connectivity index (χ1n) is 13.5. The van der Waals surface area contributed by atoms with E-state index in [0.29, 0.717) is 35.1 Å². The molecule has 0 aliphatic carbocycles. The maximum Gasteiger partial charge on any atom is 0.341 e.